The molecule has 2 rings (SSSR count). The SMILES string of the molecule is C[C@H]1CCCN(c2ccccc2O)C1. The lowest BCUT2D eigenvalue weighted by atomic mass is 10.00. The van der Waals surface area contributed by atoms with Gasteiger partial charge in [-0.25, -0.2) is 0 Å². The lowest BCUT2D eigenvalue weighted by molar-refractivity contribution is 0.433. The van der Waals surface area contributed by atoms with Crippen molar-refractivity contribution in [2.45, 2.75) is 19.8 Å². The molecule has 0 amide bonds. The van der Waals surface area contributed by atoms with Gasteiger partial charge in [-0.15, -0.1) is 0 Å². The van der Waals surface area contributed by atoms with Crippen molar-refractivity contribution in [3.05, 3.63) is 24.3 Å². The molecular weight excluding hydrogens is 174 g/mol. The van der Waals surface area contributed by atoms with Crippen molar-refractivity contribution in [2.24, 2.45) is 5.92 Å². The number of para-hydroxylation sites is 2. The summed E-state index contributed by atoms with van der Waals surface area (Å²) < 4.78 is 0. The molecule has 76 valence electrons. The summed E-state index contributed by atoms with van der Waals surface area (Å²) in [6.07, 6.45) is 2.54. The molecule has 14 heavy (non-hydrogen) atoms. The van der Waals surface area contributed by atoms with Crippen LogP contribution in [0.25, 0.3) is 0 Å². The van der Waals surface area contributed by atoms with E-state index in [1.54, 1.807) is 6.07 Å². The number of phenols is 1. The molecule has 0 saturated carbocycles. The predicted molar refractivity (Wildman–Crippen MR) is 58.7 cm³/mol. The fourth-order valence-electron chi connectivity index (χ4n) is 2.14. The monoisotopic (exact) mass is 191 g/mol. The third-order valence-corrected chi connectivity index (χ3v) is 2.88. The van der Waals surface area contributed by atoms with Gasteiger partial charge in [0.05, 0.1) is 5.69 Å². The maximum Gasteiger partial charge on any atom is 0.138 e. The van der Waals surface area contributed by atoms with E-state index in [1.807, 2.05) is 18.2 Å². The molecule has 1 N–H and O–H groups in total. The van der Waals surface area contributed by atoms with Crippen molar-refractivity contribution in [1.29, 1.82) is 0 Å². The highest BCUT2D eigenvalue weighted by atomic mass is 16.3. The predicted octanol–water partition coefficient (Wildman–Crippen LogP) is 2.63. The fourth-order valence-corrected chi connectivity index (χ4v) is 2.14. The van der Waals surface area contributed by atoms with E-state index in [1.165, 1.54) is 12.8 Å². The van der Waals surface area contributed by atoms with E-state index in [0.29, 0.717) is 5.75 Å². The maximum atomic E-state index is 9.71. The Morgan fingerprint density at radius 3 is 2.86 bits per heavy atom. The summed E-state index contributed by atoms with van der Waals surface area (Å²) in [4.78, 5) is 2.28. The normalized spacial score (nSPS) is 22.4. The zero-order valence-corrected chi connectivity index (χ0v) is 8.61. The minimum Gasteiger partial charge on any atom is -0.506 e. The zero-order chi connectivity index (χ0) is 9.97. The average Bonchev–Trinajstić information content (AvgIpc) is 2.18. The van der Waals surface area contributed by atoms with Crippen LogP contribution < -0.4 is 4.90 Å². The molecule has 1 atom stereocenters. The van der Waals surface area contributed by atoms with Crippen molar-refractivity contribution in [3.8, 4) is 5.75 Å². The van der Waals surface area contributed by atoms with Gasteiger partial charge >= 0.3 is 0 Å². The number of benzene rings is 1. The molecule has 0 aromatic heterocycles. The van der Waals surface area contributed by atoms with Crippen molar-refractivity contribution < 1.29 is 5.11 Å². The Hall–Kier alpha value is -1.18. The van der Waals surface area contributed by atoms with Gasteiger partial charge in [-0.05, 0) is 30.9 Å². The fraction of sp³-hybridized carbons (Fsp3) is 0.500. The summed E-state index contributed by atoms with van der Waals surface area (Å²) in [7, 11) is 0. The van der Waals surface area contributed by atoms with Crippen molar-refractivity contribution in [1.82, 2.24) is 0 Å². The molecule has 1 aromatic carbocycles. The minimum absolute atomic E-state index is 0.404. The Bertz CT molecular complexity index is 311. The number of phenolic OH excluding ortho intramolecular Hbond substituents is 1. The molecule has 1 aliphatic rings. The van der Waals surface area contributed by atoms with E-state index >= 15 is 0 Å². The topological polar surface area (TPSA) is 23.5 Å². The van der Waals surface area contributed by atoms with Crippen LogP contribution in [0.3, 0.4) is 0 Å². The molecule has 2 nitrogen and oxygen atoms in total. The zero-order valence-electron chi connectivity index (χ0n) is 8.61. The van der Waals surface area contributed by atoms with E-state index < -0.39 is 0 Å². The van der Waals surface area contributed by atoms with Gasteiger partial charge in [0.1, 0.15) is 5.75 Å². The molecule has 0 spiro atoms. The molecule has 2 heteroatoms. The first-order valence-corrected chi connectivity index (χ1v) is 5.30. The smallest absolute Gasteiger partial charge is 0.138 e. The van der Waals surface area contributed by atoms with Gasteiger partial charge < -0.3 is 10.0 Å². The van der Waals surface area contributed by atoms with E-state index in [4.69, 9.17) is 0 Å². The highest BCUT2D eigenvalue weighted by molar-refractivity contribution is 5.57. The summed E-state index contributed by atoms with van der Waals surface area (Å²) in [5, 5.41) is 9.71. The third-order valence-electron chi connectivity index (χ3n) is 2.88. The maximum absolute atomic E-state index is 9.71. The lowest BCUT2D eigenvalue weighted by Gasteiger charge is -2.33. The molecule has 1 saturated heterocycles. The van der Waals surface area contributed by atoms with Crippen molar-refractivity contribution in [3.63, 3.8) is 0 Å². The minimum atomic E-state index is 0.404. The number of nitrogens with zero attached hydrogens (tertiary/aromatic N) is 1. The number of hydrogen-bond acceptors (Lipinski definition) is 2. The van der Waals surface area contributed by atoms with Crippen LogP contribution in [-0.2, 0) is 0 Å². The van der Waals surface area contributed by atoms with Crippen LogP contribution in [-0.4, -0.2) is 18.2 Å². The van der Waals surface area contributed by atoms with Crippen LogP contribution in [0.2, 0.25) is 0 Å². The van der Waals surface area contributed by atoms with Crippen LogP contribution in [0.5, 0.6) is 5.75 Å². The first-order chi connectivity index (χ1) is 6.77. The Labute approximate surface area is 85.2 Å². The van der Waals surface area contributed by atoms with Crippen LogP contribution in [0.4, 0.5) is 5.69 Å². The molecule has 1 aliphatic heterocycles. The molecule has 0 bridgehead atoms. The van der Waals surface area contributed by atoms with Crippen molar-refractivity contribution in [2.75, 3.05) is 18.0 Å². The second-order valence-electron chi connectivity index (χ2n) is 4.18. The molecule has 0 aliphatic carbocycles. The summed E-state index contributed by atoms with van der Waals surface area (Å²) in [6.45, 7) is 4.41. The van der Waals surface area contributed by atoms with Gasteiger partial charge in [0.25, 0.3) is 0 Å². The summed E-state index contributed by atoms with van der Waals surface area (Å²) in [5.41, 5.74) is 0.985. The Balaban J connectivity index is 2.18. The van der Waals surface area contributed by atoms with Gasteiger partial charge in [-0.2, -0.15) is 0 Å². The number of anilines is 1. The molecule has 1 aromatic rings. The molecule has 1 fully saturated rings. The highest BCUT2D eigenvalue weighted by Gasteiger charge is 2.18. The number of piperidine rings is 1. The summed E-state index contributed by atoms with van der Waals surface area (Å²) in [5.74, 6) is 1.14. The second-order valence-corrected chi connectivity index (χ2v) is 4.18. The molecule has 0 radical (unpaired) electrons. The Kier molecular flexibility index (Phi) is 2.62. The molecular formula is C12H17NO. The molecule has 1 heterocycles. The van der Waals surface area contributed by atoms with E-state index in [9.17, 15) is 5.11 Å². The van der Waals surface area contributed by atoms with Gasteiger partial charge in [0, 0.05) is 13.1 Å². The van der Waals surface area contributed by atoms with E-state index in [-0.39, 0.29) is 0 Å². The summed E-state index contributed by atoms with van der Waals surface area (Å²) in [6, 6.07) is 7.60. The van der Waals surface area contributed by atoms with Gasteiger partial charge in [-0.1, -0.05) is 19.1 Å². The van der Waals surface area contributed by atoms with E-state index in [0.717, 1.165) is 24.7 Å². The average molecular weight is 191 g/mol. The van der Waals surface area contributed by atoms with Crippen LogP contribution in [0.15, 0.2) is 24.3 Å². The van der Waals surface area contributed by atoms with Crippen LogP contribution in [0, 0.1) is 5.92 Å². The highest BCUT2D eigenvalue weighted by Crippen LogP contribution is 2.29. The first-order valence-electron chi connectivity index (χ1n) is 5.30. The summed E-state index contributed by atoms with van der Waals surface area (Å²) >= 11 is 0. The standard InChI is InChI=1S/C12H17NO/c1-10-5-4-8-13(9-10)11-6-2-3-7-12(11)14/h2-3,6-7,10,14H,4-5,8-9H2,1H3/t10-/m0/s1. The van der Waals surface area contributed by atoms with Crippen LogP contribution in [0.1, 0.15) is 19.8 Å². The van der Waals surface area contributed by atoms with E-state index in [2.05, 4.69) is 11.8 Å². The largest absolute Gasteiger partial charge is 0.506 e. The Morgan fingerprint density at radius 2 is 2.14 bits per heavy atom. The lowest BCUT2D eigenvalue weighted by Crippen LogP contribution is -2.34. The van der Waals surface area contributed by atoms with Gasteiger partial charge in [-0.3, -0.25) is 0 Å². The number of aromatic hydroxyl groups is 1. The van der Waals surface area contributed by atoms with Gasteiger partial charge in [0.15, 0.2) is 0 Å². The number of rotatable bonds is 1. The first kappa shape index (κ1) is 9.38. The van der Waals surface area contributed by atoms with Crippen molar-refractivity contribution >= 4 is 5.69 Å². The quantitative estimate of drug-likeness (QED) is 0.737. The second kappa shape index (κ2) is 3.91. The van der Waals surface area contributed by atoms with Crippen LogP contribution >= 0.6 is 0 Å². The Morgan fingerprint density at radius 1 is 1.36 bits per heavy atom. The third kappa shape index (κ3) is 1.84. The number of hydrogen-bond donors (Lipinski definition) is 1. The van der Waals surface area contributed by atoms with Gasteiger partial charge in [0.2, 0.25) is 0 Å². The molecule has 0 unspecified atom stereocenters.